The second kappa shape index (κ2) is 5.45. The number of carbonyl (C=O) groups is 1. The lowest BCUT2D eigenvalue weighted by Crippen LogP contribution is -2.49. The van der Waals surface area contributed by atoms with Crippen LogP contribution in [0.25, 0.3) is 11.1 Å². The molecule has 24 heavy (non-hydrogen) atoms. The van der Waals surface area contributed by atoms with Crippen LogP contribution in [0, 0.1) is 11.8 Å². The Labute approximate surface area is 146 Å². The second-order valence-electron chi connectivity index (χ2n) is 7.00. The smallest absolute Gasteiger partial charge is 0.232 e. The number of hydrogen-bond acceptors (Lipinski definition) is 4. The Balaban J connectivity index is 1.78. The largest absolute Gasteiger partial charge is 0.385 e. The predicted octanol–water partition coefficient (Wildman–Crippen LogP) is 3.37. The third-order valence-corrected chi connectivity index (χ3v) is 6.50. The molecular weight excluding hydrogens is 318 g/mol. The minimum absolute atomic E-state index is 0.0151. The molecule has 0 unspecified atom stereocenters. The van der Waals surface area contributed by atoms with Crippen molar-refractivity contribution in [3.05, 3.63) is 52.7 Å². The van der Waals surface area contributed by atoms with Crippen molar-refractivity contribution in [2.45, 2.75) is 25.2 Å². The Morgan fingerprint density at radius 2 is 2.00 bits per heavy atom. The van der Waals surface area contributed by atoms with E-state index in [4.69, 9.17) is 5.73 Å². The van der Waals surface area contributed by atoms with Crippen LogP contribution < -0.4 is 5.73 Å². The maximum Gasteiger partial charge on any atom is 0.232 e. The molecule has 2 aromatic rings. The lowest BCUT2D eigenvalue weighted by Gasteiger charge is -2.41. The van der Waals surface area contributed by atoms with Crippen molar-refractivity contribution in [3.63, 3.8) is 0 Å². The number of carbonyl (C=O) groups excluding carboxylic acids is 1. The van der Waals surface area contributed by atoms with Gasteiger partial charge in [0, 0.05) is 29.7 Å². The topological polar surface area (TPSA) is 59.2 Å². The number of aromatic nitrogens is 1. The number of nitrogens with two attached hydrogens (primary N) is 1. The maximum absolute atomic E-state index is 12.9. The van der Waals surface area contributed by atoms with Crippen LogP contribution in [0.4, 0.5) is 0 Å². The van der Waals surface area contributed by atoms with Gasteiger partial charge in [0.25, 0.3) is 0 Å². The predicted molar refractivity (Wildman–Crippen MR) is 96.2 cm³/mol. The zero-order valence-corrected chi connectivity index (χ0v) is 14.7. The third kappa shape index (κ3) is 2.35. The number of allylic oxidation sites excluding steroid dienone is 1. The fourth-order valence-corrected chi connectivity index (χ4v) is 4.84. The van der Waals surface area contributed by atoms with Crippen LogP contribution in [0.3, 0.4) is 0 Å². The van der Waals surface area contributed by atoms with Gasteiger partial charge in [0.1, 0.15) is 5.82 Å². The van der Waals surface area contributed by atoms with E-state index >= 15 is 0 Å². The van der Waals surface area contributed by atoms with Crippen LogP contribution >= 0.6 is 11.3 Å². The van der Waals surface area contributed by atoms with E-state index in [2.05, 4.69) is 29.4 Å². The van der Waals surface area contributed by atoms with E-state index in [1.54, 1.807) is 35.7 Å². The molecule has 3 heterocycles. The Morgan fingerprint density at radius 3 is 2.67 bits per heavy atom. The average Bonchev–Trinajstić information content (AvgIpc) is 3.27. The summed E-state index contributed by atoms with van der Waals surface area (Å²) in [6.07, 6.45) is 7.96. The average molecular weight is 339 g/mol. The number of hydrogen-bond donors (Lipinski definition) is 1. The van der Waals surface area contributed by atoms with E-state index in [1.807, 2.05) is 12.1 Å². The molecule has 2 N–H and O–H groups in total. The second-order valence-corrected chi connectivity index (χ2v) is 7.91. The Bertz CT molecular complexity index is 809. The Kier molecular flexibility index (Phi) is 3.49. The van der Waals surface area contributed by atoms with Crippen molar-refractivity contribution in [1.29, 1.82) is 0 Å². The van der Waals surface area contributed by atoms with Gasteiger partial charge in [-0.3, -0.25) is 9.78 Å². The van der Waals surface area contributed by atoms with Gasteiger partial charge in [-0.05, 0) is 59.5 Å². The molecule has 4 nitrogen and oxygen atoms in total. The number of pyridine rings is 1. The first-order valence-electron chi connectivity index (χ1n) is 8.26. The van der Waals surface area contributed by atoms with Gasteiger partial charge in [0.15, 0.2) is 0 Å². The number of nitrogens with zero attached hydrogens (tertiary/aromatic N) is 2. The lowest BCUT2D eigenvalue weighted by molar-refractivity contribution is -0.136. The van der Waals surface area contributed by atoms with Gasteiger partial charge in [-0.15, -0.1) is 11.3 Å². The first-order valence-corrected chi connectivity index (χ1v) is 9.14. The van der Waals surface area contributed by atoms with E-state index in [0.29, 0.717) is 11.7 Å². The minimum atomic E-state index is -0.329. The zero-order chi connectivity index (χ0) is 16.9. The highest BCUT2D eigenvalue weighted by Crippen LogP contribution is 2.52. The van der Waals surface area contributed by atoms with Crippen molar-refractivity contribution >= 4 is 17.2 Å². The van der Waals surface area contributed by atoms with E-state index in [-0.39, 0.29) is 17.2 Å². The van der Waals surface area contributed by atoms with Crippen molar-refractivity contribution in [3.8, 4) is 11.1 Å². The first kappa shape index (κ1) is 15.4. The van der Waals surface area contributed by atoms with Crippen LogP contribution in [0.15, 0.2) is 47.9 Å². The highest BCUT2D eigenvalue weighted by Gasteiger charge is 2.52. The number of thiophene rings is 1. The molecule has 0 radical (unpaired) electrons. The molecule has 4 rings (SSSR count). The van der Waals surface area contributed by atoms with Crippen LogP contribution in [0.2, 0.25) is 0 Å². The SMILES string of the molecule is CN1C(=O)[C@H](C2CC2)[C@@](C)(c2cc(-c3ccncc3)cs2)C=C1N. The van der Waals surface area contributed by atoms with Gasteiger partial charge in [-0.25, -0.2) is 0 Å². The fraction of sp³-hybridized carbons (Fsp3) is 0.368. The number of rotatable bonds is 3. The molecule has 2 atom stereocenters. The summed E-state index contributed by atoms with van der Waals surface area (Å²) < 4.78 is 0. The molecule has 2 aromatic heterocycles. The monoisotopic (exact) mass is 339 g/mol. The molecule has 124 valence electrons. The van der Waals surface area contributed by atoms with Crippen LogP contribution in [0.5, 0.6) is 0 Å². The standard InChI is InChI=1S/C19H21N3OS/c1-19(10-16(20)22(2)18(23)17(19)13-3-4-13)15-9-14(11-24-15)12-5-7-21-8-6-12/h5-11,13,17H,3-4,20H2,1-2H3/t17-,19+/m0/s1. The third-order valence-electron chi connectivity index (χ3n) is 5.32. The van der Waals surface area contributed by atoms with E-state index in [0.717, 1.165) is 18.4 Å². The van der Waals surface area contributed by atoms with Gasteiger partial charge in [0.05, 0.1) is 5.92 Å². The summed E-state index contributed by atoms with van der Waals surface area (Å²) in [6.45, 7) is 2.16. The summed E-state index contributed by atoms with van der Waals surface area (Å²) in [4.78, 5) is 19.8. The van der Waals surface area contributed by atoms with E-state index in [9.17, 15) is 4.79 Å². The molecule has 1 aliphatic carbocycles. The lowest BCUT2D eigenvalue weighted by atomic mass is 9.70. The van der Waals surface area contributed by atoms with Gasteiger partial charge >= 0.3 is 0 Å². The summed E-state index contributed by atoms with van der Waals surface area (Å²) in [5.41, 5.74) is 8.14. The highest BCUT2D eigenvalue weighted by atomic mass is 32.1. The van der Waals surface area contributed by atoms with Crippen molar-refractivity contribution in [1.82, 2.24) is 9.88 Å². The summed E-state index contributed by atoms with van der Waals surface area (Å²) >= 11 is 1.71. The van der Waals surface area contributed by atoms with Gasteiger partial charge < -0.3 is 10.6 Å². The van der Waals surface area contributed by atoms with Gasteiger partial charge in [-0.1, -0.05) is 6.92 Å². The van der Waals surface area contributed by atoms with Crippen molar-refractivity contribution in [2.75, 3.05) is 7.05 Å². The fourth-order valence-electron chi connectivity index (χ4n) is 3.75. The summed E-state index contributed by atoms with van der Waals surface area (Å²) in [6, 6.07) is 6.23. The molecule has 2 aliphatic rings. The van der Waals surface area contributed by atoms with E-state index in [1.165, 1.54) is 10.4 Å². The van der Waals surface area contributed by atoms with Crippen molar-refractivity contribution in [2.24, 2.45) is 17.6 Å². The van der Waals surface area contributed by atoms with Crippen LogP contribution in [0.1, 0.15) is 24.6 Å². The summed E-state index contributed by atoms with van der Waals surface area (Å²) in [7, 11) is 1.78. The quantitative estimate of drug-likeness (QED) is 0.933. The van der Waals surface area contributed by atoms with Crippen LogP contribution in [-0.4, -0.2) is 22.8 Å². The summed E-state index contributed by atoms with van der Waals surface area (Å²) in [5.74, 6) is 1.16. The Morgan fingerprint density at radius 1 is 1.29 bits per heavy atom. The molecule has 0 bridgehead atoms. The normalized spacial score (nSPS) is 27.2. The molecule has 1 amide bonds. The van der Waals surface area contributed by atoms with Crippen LogP contribution in [-0.2, 0) is 10.2 Å². The molecule has 1 saturated carbocycles. The zero-order valence-electron chi connectivity index (χ0n) is 13.9. The molecule has 5 heteroatoms. The molecule has 1 aliphatic heterocycles. The summed E-state index contributed by atoms with van der Waals surface area (Å²) in [5, 5.41) is 2.16. The molecular formula is C19H21N3OS. The van der Waals surface area contributed by atoms with Crippen molar-refractivity contribution < 1.29 is 4.79 Å². The molecule has 0 aromatic carbocycles. The molecule has 0 spiro atoms. The minimum Gasteiger partial charge on any atom is -0.385 e. The Hall–Kier alpha value is -2.14. The van der Waals surface area contributed by atoms with Gasteiger partial charge in [0.2, 0.25) is 5.91 Å². The first-order chi connectivity index (χ1) is 11.5. The maximum atomic E-state index is 12.9. The molecule has 1 fully saturated rings. The van der Waals surface area contributed by atoms with Gasteiger partial charge in [-0.2, -0.15) is 0 Å². The highest BCUT2D eigenvalue weighted by molar-refractivity contribution is 7.10. The van der Waals surface area contributed by atoms with E-state index < -0.39 is 0 Å². The number of amides is 1. The molecule has 0 saturated heterocycles.